The van der Waals surface area contributed by atoms with Crippen molar-refractivity contribution in [3.05, 3.63) is 23.2 Å². The van der Waals surface area contributed by atoms with E-state index < -0.39 is 0 Å². The minimum Gasteiger partial charge on any atom is -0.381 e. The van der Waals surface area contributed by atoms with Crippen LogP contribution < -0.4 is 5.32 Å². The van der Waals surface area contributed by atoms with Crippen molar-refractivity contribution in [1.29, 1.82) is 0 Å². The van der Waals surface area contributed by atoms with E-state index >= 15 is 0 Å². The van der Waals surface area contributed by atoms with Crippen molar-refractivity contribution in [2.45, 2.75) is 32.4 Å². The molecule has 1 heterocycles. The molecule has 0 saturated heterocycles. The van der Waals surface area contributed by atoms with Crippen molar-refractivity contribution >= 4 is 38.3 Å². The fourth-order valence-corrected chi connectivity index (χ4v) is 3.86. The van der Waals surface area contributed by atoms with Crippen LogP contribution in [0.15, 0.2) is 18.2 Å². The topological polar surface area (TPSA) is 34.1 Å². The van der Waals surface area contributed by atoms with Crippen molar-refractivity contribution in [3.8, 4) is 0 Å². The Morgan fingerprint density at radius 3 is 2.89 bits per heavy atom. The summed E-state index contributed by atoms with van der Waals surface area (Å²) >= 11 is 7.80. The van der Waals surface area contributed by atoms with Crippen LogP contribution in [0.3, 0.4) is 0 Å². The number of ether oxygens (including phenoxy) is 1. The summed E-state index contributed by atoms with van der Waals surface area (Å²) in [6.45, 7) is 4.45. The molecular weight excluding hydrogens is 280 g/mol. The third-order valence-corrected chi connectivity index (χ3v) is 5.59. The molecule has 1 aliphatic rings. The molecule has 1 N–H and O–H groups in total. The molecule has 0 aliphatic heterocycles. The molecule has 0 bridgehead atoms. The number of nitrogens with one attached hydrogen (secondary N) is 1. The summed E-state index contributed by atoms with van der Waals surface area (Å²) in [6.07, 6.45) is 1.34. The number of halogens is 1. The summed E-state index contributed by atoms with van der Waals surface area (Å²) in [5.74, 6) is 0. The average Bonchev–Trinajstić information content (AvgIpc) is 2.78. The fourth-order valence-electron chi connectivity index (χ4n) is 2.66. The highest BCUT2D eigenvalue weighted by Crippen LogP contribution is 2.45. The van der Waals surface area contributed by atoms with E-state index in [9.17, 15) is 0 Å². The Bertz CT molecular complexity index is 611. The molecule has 1 saturated carbocycles. The van der Waals surface area contributed by atoms with Gasteiger partial charge in [0.2, 0.25) is 0 Å². The maximum atomic E-state index is 6.18. The lowest BCUT2D eigenvalue weighted by Gasteiger charge is -2.51. The zero-order valence-corrected chi connectivity index (χ0v) is 12.8. The molecule has 3 rings (SSSR count). The summed E-state index contributed by atoms with van der Waals surface area (Å²) in [7, 11) is 1.78. The fraction of sp³-hybridized carbons (Fsp3) is 0.500. The second kappa shape index (κ2) is 4.62. The molecule has 19 heavy (non-hydrogen) atoms. The minimum atomic E-state index is 0.135. The van der Waals surface area contributed by atoms with Gasteiger partial charge in [0.25, 0.3) is 0 Å². The van der Waals surface area contributed by atoms with Gasteiger partial charge in [-0.3, -0.25) is 0 Å². The summed E-state index contributed by atoms with van der Waals surface area (Å²) in [4.78, 5) is 4.59. The lowest BCUT2D eigenvalue weighted by atomic mass is 9.64. The van der Waals surface area contributed by atoms with Gasteiger partial charge in [0.1, 0.15) is 0 Å². The number of hydrogen-bond acceptors (Lipinski definition) is 4. The van der Waals surface area contributed by atoms with Crippen molar-refractivity contribution in [2.75, 3.05) is 12.4 Å². The van der Waals surface area contributed by atoms with Crippen molar-refractivity contribution in [2.24, 2.45) is 5.41 Å². The molecule has 102 valence electrons. The van der Waals surface area contributed by atoms with Crippen LogP contribution in [0.2, 0.25) is 5.02 Å². The van der Waals surface area contributed by atoms with E-state index in [-0.39, 0.29) is 5.41 Å². The first-order valence-corrected chi connectivity index (χ1v) is 7.56. The van der Waals surface area contributed by atoms with E-state index in [4.69, 9.17) is 16.3 Å². The highest BCUT2D eigenvalue weighted by Gasteiger charge is 2.48. The van der Waals surface area contributed by atoms with Gasteiger partial charge in [0.15, 0.2) is 5.13 Å². The van der Waals surface area contributed by atoms with E-state index in [1.807, 2.05) is 18.2 Å². The molecule has 5 heteroatoms. The predicted molar refractivity (Wildman–Crippen MR) is 81.2 cm³/mol. The number of anilines is 1. The monoisotopic (exact) mass is 296 g/mol. The molecule has 3 nitrogen and oxygen atoms in total. The standard InChI is InChI=1S/C14H17ClN2OS/c1-14(2)10(7-11(14)18-3)17-13-16-9-6-4-5-8(15)12(9)19-13/h4-6,10-11H,7H2,1-3H3,(H,16,17). The molecule has 2 aromatic rings. The molecule has 1 aromatic carbocycles. The SMILES string of the molecule is COC1CC(Nc2nc3cccc(Cl)c3s2)C1(C)C. The first-order valence-electron chi connectivity index (χ1n) is 6.36. The number of methoxy groups -OCH3 is 1. The van der Waals surface area contributed by atoms with Crippen LogP contribution in [-0.4, -0.2) is 24.2 Å². The molecular formula is C14H17ClN2OS. The lowest BCUT2D eigenvalue weighted by molar-refractivity contribution is -0.0794. The van der Waals surface area contributed by atoms with Crippen LogP contribution >= 0.6 is 22.9 Å². The Kier molecular flexibility index (Phi) is 3.20. The first kappa shape index (κ1) is 13.2. The predicted octanol–water partition coefficient (Wildman–Crippen LogP) is 4.18. The van der Waals surface area contributed by atoms with Crippen LogP contribution in [0.5, 0.6) is 0 Å². The Balaban J connectivity index is 1.82. The van der Waals surface area contributed by atoms with Gasteiger partial charge in [-0.1, -0.05) is 42.9 Å². The van der Waals surface area contributed by atoms with Crippen molar-refractivity contribution in [1.82, 2.24) is 4.98 Å². The minimum absolute atomic E-state index is 0.135. The van der Waals surface area contributed by atoms with Gasteiger partial charge >= 0.3 is 0 Å². The van der Waals surface area contributed by atoms with E-state index in [0.29, 0.717) is 12.1 Å². The maximum absolute atomic E-state index is 6.18. The quantitative estimate of drug-likeness (QED) is 0.923. The van der Waals surface area contributed by atoms with Crippen LogP contribution in [0.4, 0.5) is 5.13 Å². The Hall–Kier alpha value is -0.840. The van der Waals surface area contributed by atoms with E-state index in [1.165, 1.54) is 0 Å². The molecule has 0 radical (unpaired) electrons. The van der Waals surface area contributed by atoms with Crippen LogP contribution in [0, 0.1) is 5.41 Å². The molecule has 2 unspecified atom stereocenters. The zero-order valence-electron chi connectivity index (χ0n) is 11.2. The smallest absolute Gasteiger partial charge is 0.184 e. The highest BCUT2D eigenvalue weighted by molar-refractivity contribution is 7.22. The largest absolute Gasteiger partial charge is 0.381 e. The number of aromatic nitrogens is 1. The normalized spacial score (nSPS) is 25.3. The van der Waals surface area contributed by atoms with Crippen LogP contribution in [0.25, 0.3) is 10.2 Å². The maximum Gasteiger partial charge on any atom is 0.184 e. The average molecular weight is 297 g/mol. The first-order chi connectivity index (χ1) is 9.02. The lowest BCUT2D eigenvalue weighted by Crippen LogP contribution is -2.57. The Morgan fingerprint density at radius 1 is 1.47 bits per heavy atom. The summed E-state index contributed by atoms with van der Waals surface area (Å²) in [5, 5.41) is 5.23. The van der Waals surface area contributed by atoms with E-state index in [1.54, 1.807) is 18.4 Å². The molecule has 0 amide bonds. The molecule has 1 aliphatic carbocycles. The summed E-state index contributed by atoms with van der Waals surface area (Å²) in [5.41, 5.74) is 1.09. The summed E-state index contributed by atoms with van der Waals surface area (Å²) in [6, 6.07) is 6.23. The molecule has 2 atom stereocenters. The zero-order chi connectivity index (χ0) is 13.6. The van der Waals surface area contributed by atoms with Crippen molar-refractivity contribution < 1.29 is 4.74 Å². The van der Waals surface area contributed by atoms with E-state index in [0.717, 1.165) is 26.8 Å². The Morgan fingerprint density at radius 2 is 2.26 bits per heavy atom. The van der Waals surface area contributed by atoms with Crippen molar-refractivity contribution in [3.63, 3.8) is 0 Å². The number of benzene rings is 1. The number of fused-ring (bicyclic) bond motifs is 1. The highest BCUT2D eigenvalue weighted by atomic mass is 35.5. The Labute approximate surface area is 121 Å². The summed E-state index contributed by atoms with van der Waals surface area (Å²) < 4.78 is 6.52. The van der Waals surface area contributed by atoms with Crippen LogP contribution in [0.1, 0.15) is 20.3 Å². The van der Waals surface area contributed by atoms with Gasteiger partial charge in [-0.2, -0.15) is 0 Å². The number of rotatable bonds is 3. The molecule has 0 spiro atoms. The van der Waals surface area contributed by atoms with Gasteiger partial charge < -0.3 is 10.1 Å². The number of nitrogens with zero attached hydrogens (tertiary/aromatic N) is 1. The van der Waals surface area contributed by atoms with Gasteiger partial charge in [-0.15, -0.1) is 0 Å². The number of thiazole rings is 1. The van der Waals surface area contributed by atoms with Gasteiger partial charge in [-0.05, 0) is 18.6 Å². The third kappa shape index (κ3) is 2.12. The third-order valence-electron chi connectivity index (χ3n) is 4.13. The molecule has 1 fully saturated rings. The second-order valence-electron chi connectivity index (χ2n) is 5.59. The van der Waals surface area contributed by atoms with Crippen LogP contribution in [-0.2, 0) is 4.74 Å². The van der Waals surface area contributed by atoms with Gasteiger partial charge in [0.05, 0.1) is 21.3 Å². The molecule has 1 aromatic heterocycles. The van der Waals surface area contributed by atoms with Gasteiger partial charge in [0, 0.05) is 18.6 Å². The number of hydrogen-bond donors (Lipinski definition) is 1. The second-order valence-corrected chi connectivity index (χ2v) is 6.99. The van der Waals surface area contributed by atoms with Gasteiger partial charge in [-0.25, -0.2) is 4.98 Å². The van der Waals surface area contributed by atoms with E-state index in [2.05, 4.69) is 24.1 Å².